The first-order valence-electron chi connectivity index (χ1n) is 4.73. The molecule has 0 aromatic rings. The Labute approximate surface area is 92.7 Å². The molecule has 0 unspecified atom stereocenters. The molecule has 90 valence electrons. The van der Waals surface area contributed by atoms with E-state index >= 15 is 0 Å². The normalized spacial score (nSPS) is 21.1. The summed E-state index contributed by atoms with van der Waals surface area (Å²) < 4.78 is 9.00. The second kappa shape index (κ2) is 5.45. The molecular weight excluding hydrogens is 216 g/mol. The molecule has 0 radical (unpaired) electrons. The fourth-order valence-electron chi connectivity index (χ4n) is 1.45. The van der Waals surface area contributed by atoms with Crippen LogP contribution in [0.2, 0.25) is 0 Å². The van der Waals surface area contributed by atoms with Crippen molar-refractivity contribution >= 4 is 17.8 Å². The molecule has 1 rings (SSSR count). The van der Waals surface area contributed by atoms with Gasteiger partial charge in [-0.05, 0) is 0 Å². The molecule has 0 aliphatic carbocycles. The molecule has 1 aliphatic heterocycles. The Balaban J connectivity index is 2.57. The van der Waals surface area contributed by atoms with Crippen LogP contribution >= 0.6 is 0 Å². The Morgan fingerprint density at radius 2 is 2.12 bits per heavy atom. The first-order chi connectivity index (χ1) is 7.56. The summed E-state index contributed by atoms with van der Waals surface area (Å²) in [6, 6.07) is -0.726. The lowest BCUT2D eigenvalue weighted by Crippen LogP contribution is -2.58. The van der Waals surface area contributed by atoms with Crippen LogP contribution in [0.15, 0.2) is 0 Å². The van der Waals surface area contributed by atoms with Gasteiger partial charge in [0.05, 0.1) is 27.3 Å². The average Bonchev–Trinajstić information content (AvgIpc) is 2.27. The van der Waals surface area contributed by atoms with Crippen LogP contribution in [0.3, 0.4) is 0 Å². The Bertz CT molecular complexity index is 304. The summed E-state index contributed by atoms with van der Waals surface area (Å²) in [4.78, 5) is 35.0. The highest BCUT2D eigenvalue weighted by Gasteiger charge is 2.31. The predicted molar refractivity (Wildman–Crippen MR) is 52.4 cm³/mol. The minimum atomic E-state index is -0.726. The number of hydrogen-bond donors (Lipinski definition) is 1. The van der Waals surface area contributed by atoms with Gasteiger partial charge in [0.2, 0.25) is 5.91 Å². The van der Waals surface area contributed by atoms with Crippen molar-refractivity contribution in [2.24, 2.45) is 0 Å². The van der Waals surface area contributed by atoms with Gasteiger partial charge in [-0.25, -0.2) is 4.79 Å². The summed E-state index contributed by atoms with van der Waals surface area (Å²) in [6.07, 6.45) is 0. The number of amides is 1. The van der Waals surface area contributed by atoms with Crippen molar-refractivity contribution in [3.63, 3.8) is 0 Å². The van der Waals surface area contributed by atoms with Crippen molar-refractivity contribution in [3.8, 4) is 0 Å². The first-order valence-corrected chi connectivity index (χ1v) is 4.73. The predicted octanol–water partition coefficient (Wildman–Crippen LogP) is -1.87. The number of nitrogens with zero attached hydrogens (tertiary/aromatic N) is 1. The van der Waals surface area contributed by atoms with Crippen LogP contribution in [0.4, 0.5) is 0 Å². The van der Waals surface area contributed by atoms with E-state index in [-0.39, 0.29) is 25.5 Å². The van der Waals surface area contributed by atoms with Crippen molar-refractivity contribution in [3.05, 3.63) is 0 Å². The second-order valence-electron chi connectivity index (χ2n) is 3.39. The molecule has 7 heteroatoms. The van der Waals surface area contributed by atoms with Gasteiger partial charge in [-0.15, -0.1) is 0 Å². The maximum atomic E-state index is 11.3. The van der Waals surface area contributed by atoms with E-state index in [0.717, 1.165) is 0 Å². The maximum Gasteiger partial charge on any atom is 0.329 e. The Morgan fingerprint density at radius 3 is 2.69 bits per heavy atom. The molecule has 1 heterocycles. The number of methoxy groups -OCH3 is 2. The molecule has 1 fully saturated rings. The zero-order valence-electron chi connectivity index (χ0n) is 9.19. The van der Waals surface area contributed by atoms with E-state index in [9.17, 15) is 14.4 Å². The molecule has 0 aromatic heterocycles. The molecule has 0 spiro atoms. The van der Waals surface area contributed by atoms with E-state index in [0.29, 0.717) is 0 Å². The highest BCUT2D eigenvalue weighted by molar-refractivity contribution is 5.87. The zero-order chi connectivity index (χ0) is 12.1. The van der Waals surface area contributed by atoms with Gasteiger partial charge in [0, 0.05) is 6.54 Å². The summed E-state index contributed by atoms with van der Waals surface area (Å²) in [6.45, 7) is 0.299. The van der Waals surface area contributed by atoms with E-state index in [1.54, 1.807) is 0 Å². The van der Waals surface area contributed by atoms with Gasteiger partial charge in [0.15, 0.2) is 0 Å². The monoisotopic (exact) mass is 230 g/mol. The quantitative estimate of drug-likeness (QED) is 0.572. The third-order valence-electron chi connectivity index (χ3n) is 2.21. The van der Waals surface area contributed by atoms with Crippen LogP contribution in [0.5, 0.6) is 0 Å². The fraction of sp³-hybridized carbons (Fsp3) is 0.667. The zero-order valence-corrected chi connectivity index (χ0v) is 9.19. The number of esters is 2. The molecular formula is C9H14N2O5. The number of hydrogen-bond acceptors (Lipinski definition) is 6. The van der Waals surface area contributed by atoms with Gasteiger partial charge >= 0.3 is 11.9 Å². The molecule has 0 bridgehead atoms. The smallest absolute Gasteiger partial charge is 0.329 e. The third kappa shape index (κ3) is 3.20. The highest BCUT2D eigenvalue weighted by atomic mass is 16.5. The van der Waals surface area contributed by atoms with E-state index in [4.69, 9.17) is 0 Å². The number of carbonyl (C=O) groups is 3. The number of piperazine rings is 1. The lowest BCUT2D eigenvalue weighted by molar-refractivity contribution is -0.150. The van der Waals surface area contributed by atoms with Crippen LogP contribution in [-0.4, -0.2) is 62.6 Å². The van der Waals surface area contributed by atoms with E-state index in [1.807, 2.05) is 0 Å². The van der Waals surface area contributed by atoms with Crippen molar-refractivity contribution in [1.82, 2.24) is 10.2 Å². The minimum Gasteiger partial charge on any atom is -0.468 e. The summed E-state index contributed by atoms with van der Waals surface area (Å²) in [5, 5.41) is 2.48. The van der Waals surface area contributed by atoms with Gasteiger partial charge < -0.3 is 14.8 Å². The number of nitrogens with one attached hydrogen (secondary N) is 1. The van der Waals surface area contributed by atoms with Crippen molar-refractivity contribution in [2.75, 3.05) is 33.9 Å². The van der Waals surface area contributed by atoms with Crippen molar-refractivity contribution in [1.29, 1.82) is 0 Å². The Kier molecular flexibility index (Phi) is 4.24. The lowest BCUT2D eigenvalue weighted by Gasteiger charge is -2.30. The topological polar surface area (TPSA) is 84.9 Å². The molecule has 0 saturated carbocycles. The molecule has 0 aromatic carbocycles. The SMILES string of the molecule is COC(=O)CN1CC(=O)N[C@H](C(=O)OC)C1. The Morgan fingerprint density at radius 1 is 1.44 bits per heavy atom. The van der Waals surface area contributed by atoms with E-state index in [2.05, 4.69) is 14.8 Å². The maximum absolute atomic E-state index is 11.3. The van der Waals surface area contributed by atoms with Gasteiger partial charge in [0.1, 0.15) is 6.04 Å². The molecule has 1 N–H and O–H groups in total. The summed E-state index contributed by atoms with van der Waals surface area (Å²) in [5.74, 6) is -1.29. The van der Waals surface area contributed by atoms with Gasteiger partial charge in [0.25, 0.3) is 0 Å². The van der Waals surface area contributed by atoms with Gasteiger partial charge in [-0.3, -0.25) is 14.5 Å². The lowest BCUT2D eigenvalue weighted by atomic mass is 10.2. The average molecular weight is 230 g/mol. The highest BCUT2D eigenvalue weighted by Crippen LogP contribution is 2.01. The summed E-state index contributed by atoms with van der Waals surface area (Å²) in [5.41, 5.74) is 0. The van der Waals surface area contributed by atoms with Crippen molar-refractivity contribution in [2.45, 2.75) is 6.04 Å². The first kappa shape index (κ1) is 12.4. The molecule has 1 aliphatic rings. The standard InChI is InChI=1S/C9H14N2O5/c1-15-8(13)5-11-3-6(9(14)16-2)10-7(12)4-11/h6H,3-5H2,1-2H3,(H,10,12)/t6-/m0/s1. The van der Waals surface area contributed by atoms with Crippen LogP contribution in [-0.2, 0) is 23.9 Å². The summed E-state index contributed by atoms with van der Waals surface area (Å²) in [7, 11) is 2.51. The second-order valence-corrected chi connectivity index (χ2v) is 3.39. The largest absolute Gasteiger partial charge is 0.468 e. The van der Waals surface area contributed by atoms with Crippen LogP contribution in [0.25, 0.3) is 0 Å². The van der Waals surface area contributed by atoms with E-state index in [1.165, 1.54) is 19.1 Å². The number of carbonyl (C=O) groups excluding carboxylic acids is 3. The van der Waals surface area contributed by atoms with Crippen molar-refractivity contribution < 1.29 is 23.9 Å². The molecule has 1 atom stereocenters. The third-order valence-corrected chi connectivity index (χ3v) is 2.21. The van der Waals surface area contributed by atoms with E-state index < -0.39 is 18.0 Å². The number of ether oxygens (including phenoxy) is 2. The molecule has 16 heavy (non-hydrogen) atoms. The summed E-state index contributed by atoms with van der Waals surface area (Å²) >= 11 is 0. The Hall–Kier alpha value is -1.63. The van der Waals surface area contributed by atoms with Gasteiger partial charge in [-0.2, -0.15) is 0 Å². The molecule has 1 saturated heterocycles. The molecule has 7 nitrogen and oxygen atoms in total. The molecule has 1 amide bonds. The van der Waals surface area contributed by atoms with Crippen LogP contribution in [0.1, 0.15) is 0 Å². The fourth-order valence-corrected chi connectivity index (χ4v) is 1.45. The van der Waals surface area contributed by atoms with Gasteiger partial charge in [-0.1, -0.05) is 0 Å². The number of rotatable bonds is 3. The van der Waals surface area contributed by atoms with Crippen LogP contribution < -0.4 is 5.32 Å². The van der Waals surface area contributed by atoms with Crippen LogP contribution in [0, 0.1) is 0 Å². The minimum absolute atomic E-state index is 0.0165.